The van der Waals surface area contributed by atoms with Gasteiger partial charge in [-0.1, -0.05) is 56.4 Å². The van der Waals surface area contributed by atoms with Crippen molar-refractivity contribution in [3.05, 3.63) is 58.3 Å². The van der Waals surface area contributed by atoms with Gasteiger partial charge in [-0.25, -0.2) is 0 Å². The molecule has 1 aliphatic rings. The second-order valence-corrected chi connectivity index (χ2v) is 11.0. The Labute approximate surface area is 214 Å². The van der Waals surface area contributed by atoms with Crippen LogP contribution in [0.15, 0.2) is 35.7 Å². The molecule has 0 bridgehead atoms. The molecule has 0 spiro atoms. The van der Waals surface area contributed by atoms with Gasteiger partial charge in [-0.2, -0.15) is 5.10 Å². The summed E-state index contributed by atoms with van der Waals surface area (Å²) in [5.41, 5.74) is 3.15. The van der Waals surface area contributed by atoms with Gasteiger partial charge in [-0.05, 0) is 64.1 Å². The smallest absolute Gasteiger partial charge is 0.277 e. The molecule has 1 aliphatic heterocycles. The number of benzene rings is 1. The number of anilines is 1. The summed E-state index contributed by atoms with van der Waals surface area (Å²) < 4.78 is 1.73. The van der Waals surface area contributed by atoms with Crippen molar-refractivity contribution in [1.29, 1.82) is 0 Å². The Hall–Kier alpha value is -2.54. The average molecular weight is 497 g/mol. The number of hydrogen-bond acceptors (Lipinski definition) is 4. The maximum absolute atomic E-state index is 13.9. The average Bonchev–Trinajstić information content (AvgIpc) is 3.25. The number of unbranched alkanes of at least 4 members (excludes halogenated alkanes) is 4. The quantitative estimate of drug-likeness (QED) is 0.369. The number of nitrogens with one attached hydrogen (secondary N) is 1. The first kappa shape index (κ1) is 27.1. The maximum atomic E-state index is 13.9. The van der Waals surface area contributed by atoms with Crippen LogP contribution in [0, 0.1) is 13.8 Å². The predicted molar refractivity (Wildman–Crippen MR) is 146 cm³/mol. The molecule has 190 valence electrons. The van der Waals surface area contributed by atoms with Crippen LogP contribution in [-0.2, 0) is 11.3 Å². The van der Waals surface area contributed by atoms with Crippen LogP contribution < -0.4 is 10.2 Å². The van der Waals surface area contributed by atoms with Gasteiger partial charge in [0.25, 0.3) is 5.91 Å². The van der Waals surface area contributed by atoms with Gasteiger partial charge < -0.3 is 5.32 Å². The normalized spacial score (nSPS) is 18.7. The molecule has 2 aromatic rings. The van der Waals surface area contributed by atoms with E-state index in [9.17, 15) is 9.59 Å². The molecule has 2 amide bonds. The van der Waals surface area contributed by atoms with Crippen molar-refractivity contribution in [1.82, 2.24) is 15.1 Å². The molecular formula is C28H40N4O2S. The Morgan fingerprint density at radius 2 is 1.97 bits per heavy atom. The summed E-state index contributed by atoms with van der Waals surface area (Å²) in [4.78, 5) is 29.3. The lowest BCUT2D eigenvalue weighted by Gasteiger charge is -2.43. The van der Waals surface area contributed by atoms with Crippen LogP contribution in [0.3, 0.4) is 0 Å². The van der Waals surface area contributed by atoms with E-state index in [1.165, 1.54) is 19.3 Å². The molecule has 2 heterocycles. The Morgan fingerprint density at radius 1 is 1.23 bits per heavy atom. The zero-order valence-corrected chi connectivity index (χ0v) is 22.9. The zero-order valence-electron chi connectivity index (χ0n) is 22.1. The predicted octanol–water partition coefficient (Wildman–Crippen LogP) is 6.33. The Balaban J connectivity index is 1.94. The summed E-state index contributed by atoms with van der Waals surface area (Å²) in [6.45, 7) is 13.1. The highest BCUT2D eigenvalue weighted by molar-refractivity contribution is 8.02. The minimum Gasteiger partial charge on any atom is -0.354 e. The zero-order chi connectivity index (χ0) is 25.6. The van der Waals surface area contributed by atoms with E-state index in [4.69, 9.17) is 5.10 Å². The third-order valence-corrected chi connectivity index (χ3v) is 7.73. The lowest BCUT2D eigenvalue weighted by molar-refractivity contribution is -0.126. The molecule has 0 aliphatic carbocycles. The second kappa shape index (κ2) is 11.9. The third kappa shape index (κ3) is 6.00. The molecule has 0 fully saturated rings. The van der Waals surface area contributed by atoms with E-state index in [0.717, 1.165) is 35.3 Å². The van der Waals surface area contributed by atoms with Crippen molar-refractivity contribution in [2.45, 2.75) is 91.0 Å². The topological polar surface area (TPSA) is 67.2 Å². The Bertz CT molecular complexity index is 1080. The molecule has 2 atom stereocenters. The number of fused-ring (bicyclic) bond motifs is 1. The monoisotopic (exact) mass is 496 g/mol. The fraction of sp³-hybridized carbons (Fsp3) is 0.536. The SMILES string of the molecule is C/C=C\SC(C)c1cc2n(n1)CC(C)(C(=O)NCCCCCCC)N(c1ccc(C)cc1C)C2=O. The molecule has 35 heavy (non-hydrogen) atoms. The summed E-state index contributed by atoms with van der Waals surface area (Å²) in [6.07, 6.45) is 7.62. The van der Waals surface area contributed by atoms with Crippen molar-refractivity contribution in [2.75, 3.05) is 11.4 Å². The first-order chi connectivity index (χ1) is 16.7. The van der Waals surface area contributed by atoms with Crippen LogP contribution in [0.25, 0.3) is 0 Å². The number of aromatic nitrogens is 2. The molecule has 1 N–H and O–H groups in total. The number of carbonyl (C=O) groups excluding carboxylic acids is 2. The fourth-order valence-electron chi connectivity index (χ4n) is 4.62. The summed E-state index contributed by atoms with van der Waals surface area (Å²) in [5.74, 6) is -0.328. The molecule has 1 aromatic heterocycles. The van der Waals surface area contributed by atoms with Gasteiger partial charge in [0.15, 0.2) is 0 Å². The van der Waals surface area contributed by atoms with Crippen LogP contribution in [0.4, 0.5) is 5.69 Å². The van der Waals surface area contributed by atoms with E-state index >= 15 is 0 Å². The van der Waals surface area contributed by atoms with Crippen molar-refractivity contribution in [2.24, 2.45) is 0 Å². The van der Waals surface area contributed by atoms with Crippen LogP contribution in [0.5, 0.6) is 0 Å². The van der Waals surface area contributed by atoms with E-state index in [0.29, 0.717) is 18.8 Å². The molecule has 3 rings (SSSR count). The number of aryl methyl sites for hydroxylation is 2. The van der Waals surface area contributed by atoms with Crippen molar-refractivity contribution < 1.29 is 9.59 Å². The highest BCUT2D eigenvalue weighted by Gasteiger charge is 2.49. The summed E-state index contributed by atoms with van der Waals surface area (Å²) in [7, 11) is 0. The Morgan fingerprint density at radius 3 is 2.66 bits per heavy atom. The first-order valence-corrected chi connectivity index (χ1v) is 13.7. The number of hydrogen-bond donors (Lipinski definition) is 1. The largest absolute Gasteiger partial charge is 0.354 e. The number of amides is 2. The fourth-order valence-corrected chi connectivity index (χ4v) is 5.27. The number of rotatable bonds is 11. The molecule has 6 nitrogen and oxygen atoms in total. The maximum Gasteiger partial charge on any atom is 0.277 e. The lowest BCUT2D eigenvalue weighted by atomic mass is 9.92. The molecule has 0 radical (unpaired) electrons. The molecular weight excluding hydrogens is 456 g/mol. The van der Waals surface area contributed by atoms with Crippen LogP contribution in [0.2, 0.25) is 0 Å². The van der Waals surface area contributed by atoms with Crippen LogP contribution >= 0.6 is 11.8 Å². The van der Waals surface area contributed by atoms with E-state index in [2.05, 4.69) is 25.2 Å². The molecule has 1 aromatic carbocycles. The standard InChI is InChI=1S/C28H40N4O2S/c1-7-9-10-11-12-15-29-27(34)28(6)19-31-25(18-23(30-31)22(5)35-16-8-2)26(33)32(28)24-14-13-20(3)17-21(24)4/h8,13-14,16-18,22H,7,9-12,15,19H2,1-6H3,(H,29,34)/b16-8-. The Kier molecular flexibility index (Phi) is 9.22. The minimum atomic E-state index is -1.09. The van der Waals surface area contributed by atoms with Gasteiger partial charge >= 0.3 is 0 Å². The highest BCUT2D eigenvalue weighted by atomic mass is 32.2. The van der Waals surface area contributed by atoms with E-state index < -0.39 is 5.54 Å². The van der Waals surface area contributed by atoms with Gasteiger partial charge in [0.1, 0.15) is 11.2 Å². The van der Waals surface area contributed by atoms with Gasteiger partial charge in [-0.3, -0.25) is 19.2 Å². The summed E-state index contributed by atoms with van der Waals surface area (Å²) in [6, 6.07) is 7.89. The van der Waals surface area contributed by atoms with Gasteiger partial charge in [0, 0.05) is 12.2 Å². The van der Waals surface area contributed by atoms with E-state index in [1.807, 2.05) is 57.4 Å². The number of carbonyl (C=O) groups is 2. The minimum absolute atomic E-state index is 0.106. The second-order valence-electron chi connectivity index (χ2n) is 9.73. The third-order valence-electron chi connectivity index (χ3n) is 6.66. The molecule has 7 heteroatoms. The summed E-state index contributed by atoms with van der Waals surface area (Å²) in [5, 5.41) is 10.0. The lowest BCUT2D eigenvalue weighted by Crippen LogP contribution is -2.64. The number of allylic oxidation sites excluding steroid dienone is 1. The van der Waals surface area contributed by atoms with Crippen LogP contribution in [-0.4, -0.2) is 33.7 Å². The van der Waals surface area contributed by atoms with E-state index in [-0.39, 0.29) is 17.1 Å². The van der Waals surface area contributed by atoms with Crippen molar-refractivity contribution >= 4 is 29.3 Å². The first-order valence-electron chi connectivity index (χ1n) is 12.8. The summed E-state index contributed by atoms with van der Waals surface area (Å²) >= 11 is 1.66. The van der Waals surface area contributed by atoms with E-state index in [1.54, 1.807) is 21.3 Å². The van der Waals surface area contributed by atoms with Crippen molar-refractivity contribution in [3.63, 3.8) is 0 Å². The van der Waals surface area contributed by atoms with Gasteiger partial charge in [-0.15, -0.1) is 11.8 Å². The number of nitrogens with zero attached hydrogens (tertiary/aromatic N) is 3. The molecule has 2 unspecified atom stereocenters. The highest BCUT2D eigenvalue weighted by Crippen LogP contribution is 2.37. The molecule has 0 saturated heterocycles. The van der Waals surface area contributed by atoms with Crippen LogP contribution in [0.1, 0.15) is 92.4 Å². The number of thioether (sulfide) groups is 1. The van der Waals surface area contributed by atoms with Gasteiger partial charge in [0.05, 0.1) is 17.5 Å². The molecule has 0 saturated carbocycles. The van der Waals surface area contributed by atoms with Crippen molar-refractivity contribution in [3.8, 4) is 0 Å². The van der Waals surface area contributed by atoms with Gasteiger partial charge in [0.2, 0.25) is 5.91 Å².